The molecule has 0 aliphatic carbocycles. The van der Waals surface area contributed by atoms with Gasteiger partial charge in [0.05, 0.1) is 5.75 Å². The summed E-state index contributed by atoms with van der Waals surface area (Å²) < 4.78 is 22.3. The number of hydrogen-bond donors (Lipinski definition) is 2. The highest BCUT2D eigenvalue weighted by molar-refractivity contribution is 7.89. The van der Waals surface area contributed by atoms with E-state index < -0.39 is 9.84 Å². The lowest BCUT2D eigenvalue weighted by molar-refractivity contribution is -0.121. The van der Waals surface area contributed by atoms with Crippen LogP contribution in [0.2, 0.25) is 0 Å². The first kappa shape index (κ1) is 15.7. The number of nitrogens with one attached hydrogen (secondary N) is 2. The van der Waals surface area contributed by atoms with Gasteiger partial charge < -0.3 is 10.6 Å². The van der Waals surface area contributed by atoms with Gasteiger partial charge in [-0.25, -0.2) is 8.42 Å². The van der Waals surface area contributed by atoms with Gasteiger partial charge in [-0.2, -0.15) is 0 Å². The maximum absolute atomic E-state index is 11.4. The van der Waals surface area contributed by atoms with Crippen LogP contribution in [0.4, 0.5) is 0 Å². The molecule has 0 radical (unpaired) electrons. The van der Waals surface area contributed by atoms with Crippen molar-refractivity contribution >= 4 is 15.7 Å². The molecule has 0 fully saturated rings. The first-order chi connectivity index (χ1) is 8.90. The molecule has 0 aromatic heterocycles. The number of rotatable bonds is 7. The molecule has 0 unspecified atom stereocenters. The van der Waals surface area contributed by atoms with Gasteiger partial charge >= 0.3 is 0 Å². The maximum Gasteiger partial charge on any atom is 0.221 e. The van der Waals surface area contributed by atoms with Gasteiger partial charge in [0.25, 0.3) is 0 Å². The van der Waals surface area contributed by atoms with Crippen LogP contribution in [-0.2, 0) is 26.9 Å². The molecule has 0 saturated heterocycles. The Bertz CT molecular complexity index is 509. The highest BCUT2D eigenvalue weighted by Crippen LogP contribution is 2.07. The Morgan fingerprint density at radius 1 is 1.16 bits per heavy atom. The predicted octanol–water partition coefficient (Wildman–Crippen LogP) is 0.457. The zero-order valence-electron chi connectivity index (χ0n) is 11.3. The molecule has 2 N–H and O–H groups in total. The molecule has 19 heavy (non-hydrogen) atoms. The highest BCUT2D eigenvalue weighted by Gasteiger charge is 2.05. The van der Waals surface area contributed by atoms with E-state index in [0.717, 1.165) is 11.1 Å². The van der Waals surface area contributed by atoms with Crippen LogP contribution in [0.15, 0.2) is 24.3 Å². The molecule has 0 spiro atoms. The fourth-order valence-corrected chi connectivity index (χ4v) is 2.38. The summed E-state index contributed by atoms with van der Waals surface area (Å²) in [5, 5.41) is 5.71. The molecule has 0 bridgehead atoms. The predicted molar refractivity (Wildman–Crippen MR) is 75.4 cm³/mol. The number of benzene rings is 1. The Kier molecular flexibility index (Phi) is 5.98. The van der Waals surface area contributed by atoms with E-state index in [4.69, 9.17) is 0 Å². The fourth-order valence-electron chi connectivity index (χ4n) is 1.58. The van der Waals surface area contributed by atoms with Crippen LogP contribution in [0.5, 0.6) is 0 Å². The first-order valence-corrected chi connectivity index (χ1v) is 8.13. The normalized spacial score (nSPS) is 11.3. The fraction of sp³-hybridized carbons (Fsp3) is 0.462. The van der Waals surface area contributed by atoms with Gasteiger partial charge in [0.15, 0.2) is 9.84 Å². The third kappa shape index (κ3) is 6.93. The quantitative estimate of drug-likeness (QED) is 0.762. The summed E-state index contributed by atoms with van der Waals surface area (Å²) in [7, 11) is -1.20. The average molecular weight is 284 g/mol. The minimum absolute atomic E-state index is 0.00503. The maximum atomic E-state index is 11.4. The lowest BCUT2D eigenvalue weighted by atomic mass is 10.1. The van der Waals surface area contributed by atoms with Crippen molar-refractivity contribution in [1.29, 1.82) is 0 Å². The molecule has 1 amide bonds. The van der Waals surface area contributed by atoms with E-state index in [9.17, 15) is 13.2 Å². The average Bonchev–Trinajstić information content (AvgIpc) is 2.33. The zero-order chi connectivity index (χ0) is 14.3. The van der Waals surface area contributed by atoms with Crippen LogP contribution in [0.3, 0.4) is 0 Å². The topological polar surface area (TPSA) is 75.3 Å². The molecule has 1 aromatic rings. The van der Waals surface area contributed by atoms with Crippen LogP contribution in [0, 0.1) is 0 Å². The lowest BCUT2D eigenvalue weighted by Gasteiger charge is -2.06. The van der Waals surface area contributed by atoms with Crippen LogP contribution in [0.25, 0.3) is 0 Å². The largest absolute Gasteiger partial charge is 0.352 e. The van der Waals surface area contributed by atoms with Crippen LogP contribution in [0.1, 0.15) is 17.5 Å². The molecule has 0 heterocycles. The van der Waals surface area contributed by atoms with Gasteiger partial charge in [0.1, 0.15) is 0 Å². The first-order valence-electron chi connectivity index (χ1n) is 6.07. The Morgan fingerprint density at radius 3 is 2.26 bits per heavy atom. The summed E-state index contributed by atoms with van der Waals surface area (Å²) in [6.45, 7) is 1.11. The van der Waals surface area contributed by atoms with Crippen molar-refractivity contribution in [3.8, 4) is 0 Å². The summed E-state index contributed by atoms with van der Waals surface area (Å²) in [6, 6.07) is 7.21. The second kappa shape index (κ2) is 7.25. The van der Waals surface area contributed by atoms with Gasteiger partial charge in [-0.3, -0.25) is 4.79 Å². The van der Waals surface area contributed by atoms with Crippen molar-refractivity contribution in [2.45, 2.75) is 18.7 Å². The number of carbonyl (C=O) groups is 1. The van der Waals surface area contributed by atoms with E-state index in [-0.39, 0.29) is 11.7 Å². The molecule has 5 nitrogen and oxygen atoms in total. The summed E-state index contributed by atoms with van der Waals surface area (Å²) in [6.07, 6.45) is 1.66. The third-order valence-corrected chi connectivity index (χ3v) is 3.40. The highest BCUT2D eigenvalue weighted by atomic mass is 32.2. The standard InChI is InChI=1S/C13H20N2O3S/c1-14-8-7-13(16)15-9-11-3-5-12(6-4-11)10-19(2,17)18/h3-6,14H,7-10H2,1-2H3,(H,15,16). The minimum atomic E-state index is -3.00. The van der Waals surface area contributed by atoms with Crippen LogP contribution >= 0.6 is 0 Å². The minimum Gasteiger partial charge on any atom is -0.352 e. The molecule has 0 atom stereocenters. The summed E-state index contributed by atoms with van der Waals surface area (Å²) >= 11 is 0. The Hall–Kier alpha value is -1.40. The summed E-state index contributed by atoms with van der Waals surface area (Å²) in [5.74, 6) is 0.0384. The van der Waals surface area contributed by atoms with Crippen molar-refractivity contribution in [2.24, 2.45) is 0 Å². The monoisotopic (exact) mass is 284 g/mol. The second-order valence-corrected chi connectivity index (χ2v) is 6.66. The molecule has 0 aliphatic rings. The molecule has 1 aromatic carbocycles. The van der Waals surface area contributed by atoms with E-state index in [1.54, 1.807) is 19.2 Å². The molecule has 0 aliphatic heterocycles. The van der Waals surface area contributed by atoms with E-state index in [1.807, 2.05) is 12.1 Å². The molecule has 6 heteroatoms. The molecule has 1 rings (SSSR count). The Labute approximate surface area is 114 Å². The summed E-state index contributed by atoms with van der Waals surface area (Å²) in [4.78, 5) is 11.4. The molecular weight excluding hydrogens is 264 g/mol. The van der Waals surface area contributed by atoms with Gasteiger partial charge in [0, 0.05) is 25.8 Å². The third-order valence-electron chi connectivity index (χ3n) is 2.54. The smallest absolute Gasteiger partial charge is 0.221 e. The summed E-state index contributed by atoms with van der Waals surface area (Å²) in [5.41, 5.74) is 1.71. The number of carbonyl (C=O) groups excluding carboxylic acids is 1. The van der Waals surface area contributed by atoms with Crippen molar-refractivity contribution in [3.05, 3.63) is 35.4 Å². The van der Waals surface area contributed by atoms with Gasteiger partial charge in [-0.15, -0.1) is 0 Å². The second-order valence-electron chi connectivity index (χ2n) is 4.52. The zero-order valence-corrected chi connectivity index (χ0v) is 12.1. The number of amides is 1. The van der Waals surface area contributed by atoms with E-state index in [2.05, 4.69) is 10.6 Å². The molecule has 0 saturated carbocycles. The van der Waals surface area contributed by atoms with E-state index in [1.165, 1.54) is 6.26 Å². The van der Waals surface area contributed by atoms with Gasteiger partial charge in [0.2, 0.25) is 5.91 Å². The van der Waals surface area contributed by atoms with Gasteiger partial charge in [-0.1, -0.05) is 24.3 Å². The molecule has 106 valence electrons. The molecular formula is C13H20N2O3S. The number of hydrogen-bond acceptors (Lipinski definition) is 4. The van der Waals surface area contributed by atoms with Crippen molar-refractivity contribution in [2.75, 3.05) is 19.8 Å². The van der Waals surface area contributed by atoms with E-state index in [0.29, 0.717) is 19.5 Å². The van der Waals surface area contributed by atoms with Crippen molar-refractivity contribution < 1.29 is 13.2 Å². The van der Waals surface area contributed by atoms with Crippen molar-refractivity contribution in [1.82, 2.24) is 10.6 Å². The van der Waals surface area contributed by atoms with Crippen LogP contribution in [-0.4, -0.2) is 34.2 Å². The lowest BCUT2D eigenvalue weighted by Crippen LogP contribution is -2.26. The SMILES string of the molecule is CNCCC(=O)NCc1ccc(CS(C)(=O)=O)cc1. The van der Waals surface area contributed by atoms with E-state index >= 15 is 0 Å². The van der Waals surface area contributed by atoms with Gasteiger partial charge in [-0.05, 0) is 18.2 Å². The van der Waals surface area contributed by atoms with Crippen molar-refractivity contribution in [3.63, 3.8) is 0 Å². The Morgan fingerprint density at radius 2 is 1.74 bits per heavy atom. The Balaban J connectivity index is 2.46. The number of sulfone groups is 1. The van der Waals surface area contributed by atoms with Crippen LogP contribution < -0.4 is 10.6 Å².